The van der Waals surface area contributed by atoms with Crippen molar-refractivity contribution >= 4 is 11.3 Å². The zero-order valence-corrected chi connectivity index (χ0v) is 10.4. The quantitative estimate of drug-likeness (QED) is 0.772. The summed E-state index contributed by atoms with van der Waals surface area (Å²) in [7, 11) is 1.71. The van der Waals surface area contributed by atoms with Crippen molar-refractivity contribution in [2.75, 3.05) is 26.9 Å². The molecule has 1 aliphatic heterocycles. The molecule has 2 heterocycles. The zero-order valence-electron chi connectivity index (χ0n) is 9.57. The van der Waals surface area contributed by atoms with Gasteiger partial charge in [-0.2, -0.15) is 0 Å². The molecule has 1 aliphatic rings. The van der Waals surface area contributed by atoms with E-state index < -0.39 is 0 Å². The van der Waals surface area contributed by atoms with Crippen molar-refractivity contribution in [1.82, 2.24) is 10.3 Å². The van der Waals surface area contributed by atoms with E-state index in [9.17, 15) is 0 Å². The van der Waals surface area contributed by atoms with Gasteiger partial charge in [0.2, 0.25) is 0 Å². The molecule has 1 aromatic rings. The second-order valence-corrected chi connectivity index (χ2v) is 4.98. The van der Waals surface area contributed by atoms with E-state index in [-0.39, 0.29) is 6.10 Å². The zero-order chi connectivity index (χ0) is 11.2. The average molecular weight is 242 g/mol. The van der Waals surface area contributed by atoms with Crippen LogP contribution >= 0.6 is 11.3 Å². The Hall–Kier alpha value is -0.490. The van der Waals surface area contributed by atoms with Crippen LogP contribution in [0, 0.1) is 0 Å². The smallest absolute Gasteiger partial charge is 0.122 e. The molecule has 1 unspecified atom stereocenters. The number of rotatable bonds is 6. The molecular weight excluding hydrogens is 224 g/mol. The molecule has 0 spiro atoms. The lowest BCUT2D eigenvalue weighted by atomic mass is 10.2. The first-order valence-corrected chi connectivity index (χ1v) is 6.47. The molecule has 0 bridgehead atoms. The highest BCUT2D eigenvalue weighted by Gasteiger charge is 2.20. The van der Waals surface area contributed by atoms with Crippen LogP contribution in [0.2, 0.25) is 0 Å². The van der Waals surface area contributed by atoms with Gasteiger partial charge in [0.05, 0.1) is 6.61 Å². The van der Waals surface area contributed by atoms with Crippen molar-refractivity contribution in [2.24, 2.45) is 0 Å². The number of methoxy groups -OCH3 is 1. The van der Waals surface area contributed by atoms with Crippen LogP contribution < -0.4 is 5.32 Å². The molecule has 2 rings (SSSR count). The third-order valence-electron chi connectivity index (χ3n) is 2.56. The molecule has 4 nitrogen and oxygen atoms in total. The molecule has 1 atom stereocenters. The van der Waals surface area contributed by atoms with E-state index in [4.69, 9.17) is 9.47 Å². The van der Waals surface area contributed by atoms with E-state index in [1.54, 1.807) is 18.4 Å². The number of nitrogens with one attached hydrogen (secondary N) is 1. The minimum atomic E-state index is 0.248. The Balaban J connectivity index is 1.77. The fourth-order valence-corrected chi connectivity index (χ4v) is 2.68. The van der Waals surface area contributed by atoms with Crippen LogP contribution in [-0.4, -0.2) is 31.9 Å². The molecule has 16 heavy (non-hydrogen) atoms. The van der Waals surface area contributed by atoms with Gasteiger partial charge >= 0.3 is 0 Å². The molecule has 0 radical (unpaired) electrons. The minimum Gasteiger partial charge on any atom is -0.383 e. The molecule has 90 valence electrons. The maximum atomic E-state index is 5.60. The molecule has 1 fully saturated rings. The van der Waals surface area contributed by atoms with Gasteiger partial charge in [0, 0.05) is 37.9 Å². The molecule has 0 amide bonds. The van der Waals surface area contributed by atoms with Crippen LogP contribution in [0.5, 0.6) is 0 Å². The van der Waals surface area contributed by atoms with Gasteiger partial charge in [-0.05, 0) is 12.8 Å². The van der Waals surface area contributed by atoms with Crippen LogP contribution in [0.3, 0.4) is 0 Å². The van der Waals surface area contributed by atoms with Crippen molar-refractivity contribution < 1.29 is 9.47 Å². The molecule has 5 heteroatoms. The van der Waals surface area contributed by atoms with E-state index in [1.807, 2.05) is 6.20 Å². The Morgan fingerprint density at radius 1 is 1.69 bits per heavy atom. The van der Waals surface area contributed by atoms with Gasteiger partial charge < -0.3 is 14.8 Å². The summed E-state index contributed by atoms with van der Waals surface area (Å²) >= 11 is 1.75. The second-order valence-electron chi connectivity index (χ2n) is 3.84. The summed E-state index contributed by atoms with van der Waals surface area (Å²) in [5.41, 5.74) is 0. The van der Waals surface area contributed by atoms with Crippen molar-refractivity contribution in [2.45, 2.75) is 25.5 Å². The van der Waals surface area contributed by atoms with Gasteiger partial charge in [-0.25, -0.2) is 4.98 Å². The third kappa shape index (κ3) is 3.25. The molecule has 1 saturated heterocycles. The molecule has 1 N–H and O–H groups in total. The third-order valence-corrected chi connectivity index (χ3v) is 3.65. The SMILES string of the molecule is COCCNCc1cnc(C2CCCO2)s1. The summed E-state index contributed by atoms with van der Waals surface area (Å²) in [4.78, 5) is 5.68. The summed E-state index contributed by atoms with van der Waals surface area (Å²) in [6, 6.07) is 0. The number of thiazole rings is 1. The molecule has 0 aliphatic carbocycles. The highest BCUT2D eigenvalue weighted by atomic mass is 32.1. The maximum absolute atomic E-state index is 5.60. The number of aromatic nitrogens is 1. The fourth-order valence-electron chi connectivity index (χ4n) is 1.71. The van der Waals surface area contributed by atoms with Crippen molar-refractivity contribution in [3.8, 4) is 0 Å². The first-order valence-electron chi connectivity index (χ1n) is 5.66. The van der Waals surface area contributed by atoms with E-state index in [2.05, 4.69) is 10.3 Å². The number of nitrogens with zero attached hydrogens (tertiary/aromatic N) is 1. The van der Waals surface area contributed by atoms with Crippen LogP contribution in [0.4, 0.5) is 0 Å². The van der Waals surface area contributed by atoms with Gasteiger partial charge in [0.25, 0.3) is 0 Å². The minimum absolute atomic E-state index is 0.248. The van der Waals surface area contributed by atoms with Gasteiger partial charge in [-0.3, -0.25) is 0 Å². The Bertz CT molecular complexity index is 311. The first kappa shape index (κ1) is 12.0. The normalized spacial score (nSPS) is 20.4. The van der Waals surface area contributed by atoms with Gasteiger partial charge in [-0.15, -0.1) is 11.3 Å². The monoisotopic (exact) mass is 242 g/mol. The summed E-state index contributed by atoms with van der Waals surface area (Å²) in [6.07, 6.45) is 4.47. The molecule has 0 saturated carbocycles. The number of hydrogen-bond donors (Lipinski definition) is 1. The fraction of sp³-hybridized carbons (Fsp3) is 0.727. The molecule has 1 aromatic heterocycles. The summed E-state index contributed by atoms with van der Waals surface area (Å²) in [5, 5.41) is 4.44. The first-order chi connectivity index (χ1) is 7.90. The average Bonchev–Trinajstić information content (AvgIpc) is 2.94. The van der Waals surface area contributed by atoms with Crippen molar-refractivity contribution in [3.63, 3.8) is 0 Å². The van der Waals surface area contributed by atoms with E-state index in [1.165, 1.54) is 4.88 Å². The molecular formula is C11H18N2O2S. The van der Waals surface area contributed by atoms with E-state index in [0.717, 1.165) is 44.2 Å². The summed E-state index contributed by atoms with van der Waals surface area (Å²) in [5.74, 6) is 0. The lowest BCUT2D eigenvalue weighted by molar-refractivity contribution is 0.111. The topological polar surface area (TPSA) is 43.4 Å². The van der Waals surface area contributed by atoms with Crippen molar-refractivity contribution in [1.29, 1.82) is 0 Å². The van der Waals surface area contributed by atoms with Gasteiger partial charge in [0.1, 0.15) is 11.1 Å². The molecule has 0 aromatic carbocycles. The van der Waals surface area contributed by atoms with E-state index in [0.29, 0.717) is 0 Å². The largest absolute Gasteiger partial charge is 0.383 e. The highest BCUT2D eigenvalue weighted by molar-refractivity contribution is 7.11. The maximum Gasteiger partial charge on any atom is 0.122 e. The van der Waals surface area contributed by atoms with Gasteiger partial charge in [0.15, 0.2) is 0 Å². The number of hydrogen-bond acceptors (Lipinski definition) is 5. The van der Waals surface area contributed by atoms with Crippen LogP contribution in [0.25, 0.3) is 0 Å². The Morgan fingerprint density at radius 2 is 2.62 bits per heavy atom. The summed E-state index contributed by atoms with van der Waals surface area (Å²) in [6.45, 7) is 3.38. The Morgan fingerprint density at radius 3 is 3.38 bits per heavy atom. The second kappa shape index (κ2) is 6.30. The lowest BCUT2D eigenvalue weighted by Crippen LogP contribution is -2.17. The standard InChI is InChI=1S/C11H18N2O2S/c1-14-6-4-12-7-9-8-13-11(16-9)10-3-2-5-15-10/h8,10,12H,2-7H2,1H3. The Kier molecular flexibility index (Phi) is 4.71. The van der Waals surface area contributed by atoms with Gasteiger partial charge in [-0.1, -0.05) is 0 Å². The summed E-state index contributed by atoms with van der Waals surface area (Å²) < 4.78 is 10.6. The van der Waals surface area contributed by atoms with E-state index >= 15 is 0 Å². The predicted molar refractivity (Wildman–Crippen MR) is 63.6 cm³/mol. The van der Waals surface area contributed by atoms with Crippen LogP contribution in [-0.2, 0) is 16.0 Å². The Labute approximate surface area is 100.0 Å². The predicted octanol–water partition coefficient (Wildman–Crippen LogP) is 1.73. The lowest BCUT2D eigenvalue weighted by Gasteiger charge is -2.03. The highest BCUT2D eigenvalue weighted by Crippen LogP contribution is 2.31. The number of ether oxygens (including phenoxy) is 2. The van der Waals surface area contributed by atoms with Crippen LogP contribution in [0.1, 0.15) is 28.8 Å². The van der Waals surface area contributed by atoms with Crippen molar-refractivity contribution in [3.05, 3.63) is 16.1 Å². The van der Waals surface area contributed by atoms with Crippen LogP contribution in [0.15, 0.2) is 6.20 Å².